The summed E-state index contributed by atoms with van der Waals surface area (Å²) in [5.74, 6) is 2.58. The summed E-state index contributed by atoms with van der Waals surface area (Å²) in [6.07, 6.45) is 45.7. The van der Waals surface area contributed by atoms with Crippen molar-refractivity contribution in [1.82, 2.24) is 29.9 Å². The van der Waals surface area contributed by atoms with Crippen molar-refractivity contribution < 1.29 is 111 Å². The van der Waals surface area contributed by atoms with Crippen LogP contribution in [-0.4, -0.2) is 29.9 Å². The Morgan fingerprint density at radius 3 is 0.704 bits per heavy atom. The fraction of sp³-hybridized carbons (Fsp3) is 0.0385. The number of nitrogens with zero attached hydrogens (tertiary/aromatic N) is 6. The summed E-state index contributed by atoms with van der Waals surface area (Å²) in [7, 11) is -9.89. The smallest absolute Gasteiger partial charge is 0.255 e. The van der Waals surface area contributed by atoms with Gasteiger partial charge >= 0.3 is 53.6 Å². The molecule has 6 aromatic heterocycles. The number of halogens is 2. The van der Waals surface area contributed by atoms with E-state index in [-0.39, 0.29) is 53.6 Å². The standard InChI is InChI=1S/2C21H16N3.2C5H5.2ClHO4.2Fe.Zn/c2*1-2-8-16(7-1)13-17-14-20(18-9-3-5-11-22-18)24-21(15-17)19-10-4-6-12-23-19;2*1-2-4-5-3-1;2*2-1(3,4)5;;;/h2*1-12,14-15H,13H2;2*1-5H;2*(H,2,3,4,5);;;/q;;;;;;3*+2/p-2. The molecule has 6 heterocycles. The molecule has 0 atom stereocenters. The van der Waals surface area contributed by atoms with Crippen LogP contribution >= 0.6 is 0 Å². The Morgan fingerprint density at radius 2 is 0.521 bits per heavy atom. The number of rotatable bonds is 8. The van der Waals surface area contributed by atoms with Crippen molar-refractivity contribution in [3.63, 3.8) is 0 Å². The van der Waals surface area contributed by atoms with Gasteiger partial charge in [0.15, 0.2) is 0 Å². The fourth-order valence-corrected chi connectivity index (χ4v) is 6.14. The van der Waals surface area contributed by atoms with E-state index in [2.05, 4.69) is 95.6 Å². The van der Waals surface area contributed by atoms with E-state index in [0.29, 0.717) is 0 Å². The minimum Gasteiger partial charge on any atom is -0.255 e. The molecule has 0 unspecified atom stereocenters. The Bertz CT molecular complexity index is 1990. The van der Waals surface area contributed by atoms with Crippen molar-refractivity contribution in [2.45, 2.75) is 12.8 Å². The quantitative estimate of drug-likeness (QED) is 0.191. The SMILES string of the molecule is [CH]1[CH][CH][CH][CH]1.[CH]1[CH][CH][CH][CH]1.[CH]1[CH][CH][C](Cc2cc(-c3ccccn3)nc(-c3ccccn3)c2)[CH]1.[CH]1[CH][CH][C](Cc2cc(-c3ccccn3)nc(-c3ccccn3)c2)[CH]1.[Fe+2].[Fe+2].[O-][Cl+3]([O-])([O-])[O-].[O-][Cl+3]([O-])([O-])[O-].[Zn+2]. The Balaban J connectivity index is 0.000000341. The van der Waals surface area contributed by atoms with Crippen LogP contribution in [0, 0.1) is 148 Å². The summed E-state index contributed by atoms with van der Waals surface area (Å²) in [5.41, 5.74) is 9.41. The molecule has 10 rings (SSSR count). The summed E-state index contributed by atoms with van der Waals surface area (Å²) in [6, 6.07) is 32.0. The third-order valence-corrected chi connectivity index (χ3v) is 8.87. The van der Waals surface area contributed by atoms with Gasteiger partial charge in [-0.2, -0.15) is 0 Å². The van der Waals surface area contributed by atoms with Gasteiger partial charge in [0, 0.05) is 24.8 Å². The van der Waals surface area contributed by atoms with Crippen molar-refractivity contribution in [2.75, 3.05) is 0 Å². The Hall–Kier alpha value is -3.18. The topological polar surface area (TPSA) is 262 Å². The monoisotopic (exact) mass is 1120 g/mol. The third-order valence-electron chi connectivity index (χ3n) is 8.87. The predicted molar refractivity (Wildman–Crippen MR) is 233 cm³/mol. The Kier molecular flexibility index (Phi) is 31.6. The van der Waals surface area contributed by atoms with Crippen LogP contribution in [0.1, 0.15) is 11.1 Å². The molecule has 6 aromatic rings. The van der Waals surface area contributed by atoms with Crippen molar-refractivity contribution >= 4 is 0 Å². The van der Waals surface area contributed by atoms with Gasteiger partial charge in [-0.15, -0.1) is 20.5 Å². The molecule has 71 heavy (non-hydrogen) atoms. The minimum atomic E-state index is -4.94. The van der Waals surface area contributed by atoms with E-state index < -0.39 is 20.5 Å². The Morgan fingerprint density at radius 1 is 0.310 bits per heavy atom. The predicted octanol–water partition coefficient (Wildman–Crippen LogP) is 0.830. The van der Waals surface area contributed by atoms with Crippen LogP contribution in [0.2, 0.25) is 0 Å². The van der Waals surface area contributed by atoms with Crippen LogP contribution in [0.15, 0.2) is 122 Å². The van der Waals surface area contributed by atoms with E-state index in [1.807, 2.05) is 137 Å². The molecule has 0 amide bonds. The van der Waals surface area contributed by atoms with Crippen LogP contribution in [-0.2, 0) is 66.5 Å². The van der Waals surface area contributed by atoms with Crippen LogP contribution < -0.4 is 37.3 Å². The maximum absolute atomic E-state index is 8.49. The van der Waals surface area contributed by atoms with E-state index in [9.17, 15) is 0 Å². The van der Waals surface area contributed by atoms with E-state index >= 15 is 0 Å². The van der Waals surface area contributed by atoms with Gasteiger partial charge in [0.05, 0.1) is 45.6 Å². The van der Waals surface area contributed by atoms with Crippen LogP contribution in [0.5, 0.6) is 0 Å². The molecule has 4 saturated carbocycles. The molecule has 19 heteroatoms. The summed E-state index contributed by atoms with van der Waals surface area (Å²) >= 11 is 0. The molecule has 4 aliphatic carbocycles. The Labute approximate surface area is 456 Å². The van der Waals surface area contributed by atoms with Crippen molar-refractivity contribution in [2.24, 2.45) is 0 Å². The normalized spacial score (nSPS) is 15.1. The molecule has 4 aliphatic rings. The number of aromatic nitrogens is 6. The summed E-state index contributed by atoms with van der Waals surface area (Å²) in [5, 5.41) is 0. The average molecular weight is 1130 g/mol. The largest absolute Gasteiger partial charge is 2.00 e. The van der Waals surface area contributed by atoms with Crippen LogP contribution in [0.3, 0.4) is 0 Å². The molecule has 0 aromatic carbocycles. The maximum Gasteiger partial charge on any atom is 2.00 e. The number of hydrogen-bond acceptors (Lipinski definition) is 14. The zero-order valence-corrected chi connectivity index (χ0v) is 44.2. The van der Waals surface area contributed by atoms with Crippen molar-refractivity contribution in [3.8, 4) is 45.6 Å². The second kappa shape index (κ2) is 35.1. The van der Waals surface area contributed by atoms with Gasteiger partial charge in [0.25, 0.3) is 0 Å². The zero-order valence-electron chi connectivity index (χ0n) is 37.5. The molecule has 14 nitrogen and oxygen atoms in total. The molecule has 356 valence electrons. The van der Waals surface area contributed by atoms with E-state index in [0.717, 1.165) is 58.4 Å². The first-order valence-electron chi connectivity index (χ1n) is 20.4. The van der Waals surface area contributed by atoms with E-state index in [1.54, 1.807) is 24.8 Å². The molecule has 0 N–H and O–H groups in total. The first kappa shape index (κ1) is 63.9. The van der Waals surface area contributed by atoms with Crippen molar-refractivity contribution in [3.05, 3.63) is 260 Å². The van der Waals surface area contributed by atoms with Gasteiger partial charge in [-0.25, -0.2) is 47.2 Å². The minimum absolute atomic E-state index is 0. The zero-order chi connectivity index (χ0) is 48.5. The average Bonchev–Trinajstić information content (AvgIpc) is 4.21. The fourth-order valence-electron chi connectivity index (χ4n) is 6.14. The molecule has 4 fully saturated rings. The van der Waals surface area contributed by atoms with Gasteiger partial charge in [-0.3, -0.25) is 19.9 Å². The summed E-state index contributed by atoms with van der Waals surface area (Å²) in [6.45, 7) is 0. The molecule has 0 saturated heterocycles. The van der Waals surface area contributed by atoms with Gasteiger partial charge in [-0.05, 0) is 224 Å². The first-order chi connectivity index (χ1) is 32.8. The molecule has 0 aliphatic heterocycles. The molecule has 0 spiro atoms. The van der Waals surface area contributed by atoms with E-state index in [4.69, 9.17) is 47.2 Å². The molecular weight excluding hydrogens is 1080 g/mol. The summed E-state index contributed by atoms with van der Waals surface area (Å²) < 4.78 is 67.9. The first-order valence-corrected chi connectivity index (χ1v) is 22.9. The van der Waals surface area contributed by atoms with Gasteiger partial charge in [0.2, 0.25) is 0 Å². The third kappa shape index (κ3) is 27.6. The van der Waals surface area contributed by atoms with Crippen molar-refractivity contribution in [1.29, 1.82) is 0 Å². The van der Waals surface area contributed by atoms with Gasteiger partial charge in [0.1, 0.15) is 0 Å². The van der Waals surface area contributed by atoms with Crippen LogP contribution in [0.25, 0.3) is 45.6 Å². The maximum atomic E-state index is 8.49. The van der Waals surface area contributed by atoms with Crippen LogP contribution in [0.4, 0.5) is 0 Å². The molecular formula is C52H42Cl2Fe2N6O8Zn+4. The number of hydrogen-bond donors (Lipinski definition) is 0. The summed E-state index contributed by atoms with van der Waals surface area (Å²) in [4.78, 5) is 27.3. The van der Waals surface area contributed by atoms with E-state index in [1.165, 1.54) is 23.0 Å². The molecule has 20 radical (unpaired) electrons. The second-order valence-electron chi connectivity index (χ2n) is 14.0. The van der Waals surface area contributed by atoms with Gasteiger partial charge in [-0.1, -0.05) is 24.3 Å². The number of pyridine rings is 6. The second-order valence-corrected chi connectivity index (χ2v) is 15.5. The van der Waals surface area contributed by atoms with Gasteiger partial charge < -0.3 is 0 Å². The molecule has 0 bridgehead atoms.